The molecule has 0 bridgehead atoms. The van der Waals surface area contributed by atoms with E-state index in [0.29, 0.717) is 0 Å². The van der Waals surface area contributed by atoms with Crippen LogP contribution in [0.25, 0.3) is 82.4 Å². The van der Waals surface area contributed by atoms with Gasteiger partial charge < -0.3 is 9.47 Å². The van der Waals surface area contributed by atoms with Crippen molar-refractivity contribution in [3.05, 3.63) is 231 Å². The highest BCUT2D eigenvalue weighted by atomic mass is 15.1. The number of hydrogen-bond acceptors (Lipinski definition) is 1. The summed E-state index contributed by atoms with van der Waals surface area (Å²) < 4.78 is 2.46. The average molecular weight is 739 g/mol. The second-order valence-corrected chi connectivity index (χ2v) is 15.0. The molecule has 0 fully saturated rings. The van der Waals surface area contributed by atoms with Crippen molar-refractivity contribution in [2.75, 3.05) is 4.90 Å². The van der Waals surface area contributed by atoms with Crippen molar-refractivity contribution in [3.8, 4) is 39.1 Å². The molecular weight excluding hydrogens is 701 g/mol. The number of benzene rings is 10. The van der Waals surface area contributed by atoms with Crippen LogP contribution in [0.4, 0.5) is 17.1 Å². The van der Waals surface area contributed by atoms with Crippen molar-refractivity contribution >= 4 is 60.4 Å². The van der Waals surface area contributed by atoms with E-state index < -0.39 is 0 Å². The van der Waals surface area contributed by atoms with Crippen molar-refractivity contribution < 1.29 is 0 Å². The predicted molar refractivity (Wildman–Crippen MR) is 247 cm³/mol. The Hall–Kier alpha value is -7.68. The normalized spacial score (nSPS) is 11.4. The van der Waals surface area contributed by atoms with E-state index in [9.17, 15) is 0 Å². The van der Waals surface area contributed by atoms with Crippen LogP contribution in [0.3, 0.4) is 0 Å². The Balaban J connectivity index is 1.11. The largest absolute Gasteiger partial charge is 0.310 e. The maximum Gasteiger partial charge on any atom is 0.0547 e. The Labute approximate surface area is 338 Å². The lowest BCUT2D eigenvalue weighted by molar-refractivity contribution is 1.17. The molecular formula is C56H38N2. The summed E-state index contributed by atoms with van der Waals surface area (Å²) in [6.07, 6.45) is 0. The van der Waals surface area contributed by atoms with Crippen LogP contribution in [0.2, 0.25) is 0 Å². The van der Waals surface area contributed by atoms with E-state index in [-0.39, 0.29) is 0 Å². The fraction of sp³-hybridized carbons (Fsp3) is 0. The topological polar surface area (TPSA) is 8.17 Å². The molecule has 0 spiro atoms. The SMILES string of the molecule is c1ccc(-c2ccc(N(c3ccc(-c4ccccc4)cc3)c3cccc(-n4c5cccc(-c6ccc7ccccc7c6)c5c5c6ccccc6ccc54)c3)cc2)cc1. The summed E-state index contributed by atoms with van der Waals surface area (Å²) in [4.78, 5) is 2.37. The number of fused-ring (bicyclic) bond motifs is 6. The lowest BCUT2D eigenvalue weighted by atomic mass is 9.95. The van der Waals surface area contributed by atoms with E-state index in [1.165, 1.54) is 76.7 Å². The Bertz CT molecular complexity index is 3170. The van der Waals surface area contributed by atoms with Gasteiger partial charge >= 0.3 is 0 Å². The average Bonchev–Trinajstić information content (AvgIpc) is 3.65. The third-order valence-electron chi connectivity index (χ3n) is 11.6. The van der Waals surface area contributed by atoms with Gasteiger partial charge in [-0.15, -0.1) is 0 Å². The molecule has 1 aromatic heterocycles. The molecule has 0 amide bonds. The molecule has 0 N–H and O–H groups in total. The summed E-state index contributed by atoms with van der Waals surface area (Å²) in [6.45, 7) is 0. The third-order valence-corrected chi connectivity index (χ3v) is 11.6. The molecule has 0 aliphatic rings. The summed E-state index contributed by atoms with van der Waals surface area (Å²) in [5.74, 6) is 0. The Kier molecular flexibility index (Phi) is 8.19. The summed E-state index contributed by atoms with van der Waals surface area (Å²) in [5.41, 5.74) is 14.0. The van der Waals surface area contributed by atoms with Crippen molar-refractivity contribution in [2.24, 2.45) is 0 Å². The van der Waals surface area contributed by atoms with Gasteiger partial charge in [0.1, 0.15) is 0 Å². The fourth-order valence-corrected chi connectivity index (χ4v) is 8.79. The van der Waals surface area contributed by atoms with E-state index in [1.54, 1.807) is 0 Å². The Morgan fingerprint density at radius 1 is 0.293 bits per heavy atom. The molecule has 272 valence electrons. The van der Waals surface area contributed by atoms with Crippen LogP contribution in [0.5, 0.6) is 0 Å². The lowest BCUT2D eigenvalue weighted by Crippen LogP contribution is -2.10. The number of nitrogens with zero attached hydrogens (tertiary/aromatic N) is 2. The first-order valence-electron chi connectivity index (χ1n) is 19.9. The number of anilines is 3. The molecule has 2 nitrogen and oxygen atoms in total. The maximum absolute atomic E-state index is 2.46. The highest BCUT2D eigenvalue weighted by Gasteiger charge is 2.20. The molecule has 0 radical (unpaired) electrons. The van der Waals surface area contributed by atoms with Gasteiger partial charge in [-0.25, -0.2) is 0 Å². The van der Waals surface area contributed by atoms with Gasteiger partial charge in [0.2, 0.25) is 0 Å². The first-order chi connectivity index (χ1) is 28.8. The molecule has 0 saturated carbocycles. The van der Waals surface area contributed by atoms with Gasteiger partial charge in [-0.05, 0) is 116 Å². The minimum absolute atomic E-state index is 1.08. The van der Waals surface area contributed by atoms with Gasteiger partial charge in [-0.1, -0.05) is 170 Å². The van der Waals surface area contributed by atoms with Crippen molar-refractivity contribution in [1.82, 2.24) is 4.57 Å². The smallest absolute Gasteiger partial charge is 0.0547 e. The molecule has 1 heterocycles. The summed E-state index contributed by atoms with van der Waals surface area (Å²) >= 11 is 0. The second-order valence-electron chi connectivity index (χ2n) is 15.0. The molecule has 2 heteroatoms. The van der Waals surface area contributed by atoms with Crippen LogP contribution in [0.15, 0.2) is 231 Å². The van der Waals surface area contributed by atoms with Gasteiger partial charge in [-0.2, -0.15) is 0 Å². The van der Waals surface area contributed by atoms with Crippen molar-refractivity contribution in [2.45, 2.75) is 0 Å². The van der Waals surface area contributed by atoms with Gasteiger partial charge in [0, 0.05) is 33.5 Å². The maximum atomic E-state index is 2.46. The van der Waals surface area contributed by atoms with Crippen LogP contribution in [-0.4, -0.2) is 4.57 Å². The summed E-state index contributed by atoms with van der Waals surface area (Å²) in [6, 6.07) is 83.7. The van der Waals surface area contributed by atoms with Crippen molar-refractivity contribution in [3.63, 3.8) is 0 Å². The molecule has 0 unspecified atom stereocenters. The quantitative estimate of drug-likeness (QED) is 0.158. The van der Waals surface area contributed by atoms with Crippen LogP contribution in [0.1, 0.15) is 0 Å². The number of hydrogen-bond donors (Lipinski definition) is 0. The first kappa shape index (κ1) is 33.6. The highest BCUT2D eigenvalue weighted by Crippen LogP contribution is 2.44. The van der Waals surface area contributed by atoms with Crippen molar-refractivity contribution in [1.29, 1.82) is 0 Å². The molecule has 11 rings (SSSR count). The van der Waals surface area contributed by atoms with E-state index >= 15 is 0 Å². The molecule has 11 aromatic rings. The first-order valence-corrected chi connectivity index (χ1v) is 19.9. The molecule has 0 atom stereocenters. The molecule has 0 aliphatic carbocycles. The monoisotopic (exact) mass is 738 g/mol. The zero-order valence-electron chi connectivity index (χ0n) is 31.8. The minimum atomic E-state index is 1.08. The van der Waals surface area contributed by atoms with Gasteiger partial charge in [0.15, 0.2) is 0 Å². The highest BCUT2D eigenvalue weighted by molar-refractivity contribution is 6.25. The van der Waals surface area contributed by atoms with Crippen LogP contribution >= 0.6 is 0 Å². The number of rotatable bonds is 7. The summed E-state index contributed by atoms with van der Waals surface area (Å²) in [5, 5.41) is 7.52. The van der Waals surface area contributed by atoms with Crippen LogP contribution < -0.4 is 4.90 Å². The minimum Gasteiger partial charge on any atom is -0.310 e. The summed E-state index contributed by atoms with van der Waals surface area (Å²) in [7, 11) is 0. The van der Waals surface area contributed by atoms with Gasteiger partial charge in [0.05, 0.1) is 11.0 Å². The zero-order valence-corrected chi connectivity index (χ0v) is 31.8. The van der Waals surface area contributed by atoms with E-state index in [2.05, 4.69) is 240 Å². The van der Waals surface area contributed by atoms with E-state index in [1.807, 2.05) is 0 Å². The van der Waals surface area contributed by atoms with E-state index in [4.69, 9.17) is 0 Å². The second kappa shape index (κ2) is 14.1. The number of aromatic nitrogens is 1. The predicted octanol–water partition coefficient (Wildman–Crippen LogP) is 15.6. The molecule has 10 aromatic carbocycles. The fourth-order valence-electron chi connectivity index (χ4n) is 8.79. The van der Waals surface area contributed by atoms with Gasteiger partial charge in [-0.3, -0.25) is 0 Å². The lowest BCUT2D eigenvalue weighted by Gasteiger charge is -2.26. The van der Waals surface area contributed by atoms with Crippen LogP contribution in [-0.2, 0) is 0 Å². The Morgan fingerprint density at radius 2 is 0.828 bits per heavy atom. The molecule has 58 heavy (non-hydrogen) atoms. The molecule has 0 saturated heterocycles. The molecule has 0 aliphatic heterocycles. The third kappa shape index (κ3) is 5.82. The van der Waals surface area contributed by atoms with Crippen LogP contribution in [0, 0.1) is 0 Å². The zero-order chi connectivity index (χ0) is 38.4. The Morgan fingerprint density at radius 3 is 1.52 bits per heavy atom. The van der Waals surface area contributed by atoms with Gasteiger partial charge in [0.25, 0.3) is 0 Å². The van der Waals surface area contributed by atoms with E-state index in [0.717, 1.165) is 22.7 Å². The standard InChI is InChI=1S/C56H38N2/c1-3-13-39(14-4-1)42-27-32-47(33-28-42)57(48-34-29-43(30-35-48)40-15-5-2-6-16-40)49-20-11-21-50(38-49)58-53-24-12-23-52(46-26-25-41-17-7-8-19-45(41)37-46)56(53)55-51-22-10-9-18-44(51)31-36-54(55)58/h1-38H.